The summed E-state index contributed by atoms with van der Waals surface area (Å²) in [5.41, 5.74) is 1.69. The van der Waals surface area contributed by atoms with Crippen LogP contribution in [0.25, 0.3) is 11.3 Å². The largest absolute Gasteiger partial charge is 0.363 e. The van der Waals surface area contributed by atoms with Crippen LogP contribution < -0.4 is 4.72 Å². The van der Waals surface area contributed by atoms with Gasteiger partial charge in [0.05, 0.1) is 6.26 Å². The van der Waals surface area contributed by atoms with Crippen molar-refractivity contribution in [3.8, 4) is 11.3 Å². The highest BCUT2D eigenvalue weighted by atomic mass is 32.2. The first kappa shape index (κ1) is 18.6. The van der Waals surface area contributed by atoms with Gasteiger partial charge in [-0.3, -0.25) is 4.79 Å². The summed E-state index contributed by atoms with van der Waals surface area (Å²) in [6.07, 6.45) is 2.49. The number of nitrogens with zero attached hydrogens (tertiary/aromatic N) is 2. The lowest BCUT2D eigenvalue weighted by Gasteiger charge is -2.21. The fourth-order valence-electron chi connectivity index (χ4n) is 3.43. The zero-order valence-electron chi connectivity index (χ0n) is 15.0. The summed E-state index contributed by atoms with van der Waals surface area (Å²) in [6.45, 7) is 4.88. The van der Waals surface area contributed by atoms with E-state index in [9.17, 15) is 13.2 Å². The zero-order chi connectivity index (χ0) is 18.9. The van der Waals surface area contributed by atoms with Gasteiger partial charge in [-0.15, -0.1) is 0 Å². The van der Waals surface area contributed by atoms with Gasteiger partial charge in [0.25, 0.3) is 5.91 Å². The van der Waals surface area contributed by atoms with E-state index >= 15 is 0 Å². The van der Waals surface area contributed by atoms with Crippen LogP contribution in [0, 0.1) is 11.8 Å². The van der Waals surface area contributed by atoms with Crippen LogP contribution in [0.3, 0.4) is 0 Å². The Kier molecular flexibility index (Phi) is 5.15. The van der Waals surface area contributed by atoms with Gasteiger partial charge in [0.2, 0.25) is 10.0 Å². The molecule has 1 fully saturated rings. The lowest BCUT2D eigenvalue weighted by atomic mass is 9.92. The van der Waals surface area contributed by atoms with E-state index in [-0.39, 0.29) is 23.8 Å². The van der Waals surface area contributed by atoms with Crippen LogP contribution >= 0.6 is 0 Å². The first-order valence-electron chi connectivity index (χ1n) is 8.52. The second-order valence-electron chi connectivity index (χ2n) is 7.06. The number of amides is 1. The van der Waals surface area contributed by atoms with E-state index in [1.165, 1.54) is 6.26 Å². The molecule has 2 atom stereocenters. The number of sulfonamides is 1. The number of likely N-dealkylation sites (tertiary alicyclic amines) is 1. The van der Waals surface area contributed by atoms with Gasteiger partial charge in [-0.2, -0.15) is 0 Å². The second-order valence-corrected chi connectivity index (χ2v) is 8.84. The SMILES string of the molecule is CC(C)C1CN(C(=O)c2conc2-c2ccccc2)CC1NS(C)(=O)=O. The number of carbonyl (C=O) groups excluding carboxylic acids is 1. The average molecular weight is 377 g/mol. The van der Waals surface area contributed by atoms with Gasteiger partial charge in [0.1, 0.15) is 17.5 Å². The van der Waals surface area contributed by atoms with Gasteiger partial charge in [0.15, 0.2) is 0 Å². The third-order valence-corrected chi connectivity index (χ3v) is 5.45. The number of hydrogen-bond acceptors (Lipinski definition) is 5. The number of carbonyl (C=O) groups is 1. The third-order valence-electron chi connectivity index (χ3n) is 4.72. The molecular weight excluding hydrogens is 354 g/mol. The quantitative estimate of drug-likeness (QED) is 0.860. The smallest absolute Gasteiger partial charge is 0.259 e. The van der Waals surface area contributed by atoms with Crippen molar-refractivity contribution in [2.45, 2.75) is 19.9 Å². The van der Waals surface area contributed by atoms with Crippen molar-refractivity contribution in [2.24, 2.45) is 11.8 Å². The zero-order valence-corrected chi connectivity index (χ0v) is 15.9. The number of nitrogens with one attached hydrogen (secondary N) is 1. The summed E-state index contributed by atoms with van der Waals surface area (Å²) in [6, 6.07) is 9.06. The highest BCUT2D eigenvalue weighted by molar-refractivity contribution is 7.88. The fraction of sp³-hybridized carbons (Fsp3) is 0.444. The van der Waals surface area contributed by atoms with Crippen molar-refractivity contribution in [1.29, 1.82) is 0 Å². The lowest BCUT2D eigenvalue weighted by molar-refractivity contribution is 0.0783. The van der Waals surface area contributed by atoms with Crippen LogP contribution in [0.1, 0.15) is 24.2 Å². The normalized spacial score (nSPS) is 20.7. The Morgan fingerprint density at radius 1 is 1.27 bits per heavy atom. The van der Waals surface area contributed by atoms with Crippen molar-refractivity contribution < 1.29 is 17.7 Å². The molecule has 2 unspecified atom stereocenters. The molecule has 2 aromatic rings. The van der Waals surface area contributed by atoms with Crippen LogP contribution in [-0.2, 0) is 10.0 Å². The molecule has 8 heteroatoms. The number of hydrogen-bond donors (Lipinski definition) is 1. The van der Waals surface area contributed by atoms with Crippen LogP contribution in [0.5, 0.6) is 0 Å². The molecule has 1 aromatic heterocycles. The van der Waals surface area contributed by atoms with Gasteiger partial charge >= 0.3 is 0 Å². The summed E-state index contributed by atoms with van der Waals surface area (Å²) in [5.74, 6) is 0.0883. The summed E-state index contributed by atoms with van der Waals surface area (Å²) in [7, 11) is -3.35. The van der Waals surface area contributed by atoms with E-state index in [2.05, 4.69) is 9.88 Å². The molecule has 26 heavy (non-hydrogen) atoms. The Hall–Kier alpha value is -2.19. The molecule has 1 N–H and O–H groups in total. The van der Waals surface area contributed by atoms with E-state index in [0.717, 1.165) is 11.8 Å². The van der Waals surface area contributed by atoms with Gasteiger partial charge in [-0.1, -0.05) is 49.3 Å². The summed E-state index contributed by atoms with van der Waals surface area (Å²) < 4.78 is 31.0. The van der Waals surface area contributed by atoms with Crippen molar-refractivity contribution in [3.05, 3.63) is 42.2 Å². The molecule has 1 saturated heterocycles. The molecule has 1 amide bonds. The third kappa shape index (κ3) is 3.96. The van der Waals surface area contributed by atoms with Gasteiger partial charge in [-0.25, -0.2) is 13.1 Å². The maximum Gasteiger partial charge on any atom is 0.259 e. The predicted octanol–water partition coefficient (Wildman–Crippen LogP) is 1.99. The van der Waals surface area contributed by atoms with Crippen molar-refractivity contribution in [3.63, 3.8) is 0 Å². The van der Waals surface area contributed by atoms with Crippen LogP contribution in [0.2, 0.25) is 0 Å². The highest BCUT2D eigenvalue weighted by Gasteiger charge is 2.39. The summed E-state index contributed by atoms with van der Waals surface area (Å²) in [4.78, 5) is 14.7. The molecule has 3 rings (SSSR count). The standard InChI is InChI=1S/C18H23N3O4S/c1-12(2)14-9-21(10-16(14)20-26(3,23)24)18(22)15-11-25-19-17(15)13-7-5-4-6-8-13/h4-8,11-12,14,16,20H,9-10H2,1-3H3. The number of rotatable bonds is 5. The van der Waals surface area contributed by atoms with Crippen LogP contribution in [-0.4, -0.2) is 49.8 Å². The highest BCUT2D eigenvalue weighted by Crippen LogP contribution is 2.29. The minimum atomic E-state index is -3.35. The van der Waals surface area contributed by atoms with E-state index in [1.54, 1.807) is 4.90 Å². The Balaban J connectivity index is 1.84. The molecule has 140 valence electrons. The molecule has 0 saturated carbocycles. The average Bonchev–Trinajstić information content (AvgIpc) is 3.20. The molecule has 1 aliphatic rings. The fourth-order valence-corrected chi connectivity index (χ4v) is 4.23. The molecule has 0 bridgehead atoms. The van der Waals surface area contributed by atoms with Gasteiger partial charge in [-0.05, 0) is 11.8 Å². The first-order chi connectivity index (χ1) is 12.3. The molecule has 1 aromatic carbocycles. The summed E-state index contributed by atoms with van der Waals surface area (Å²) >= 11 is 0. The van der Waals surface area contributed by atoms with Crippen LogP contribution in [0.4, 0.5) is 0 Å². The van der Waals surface area contributed by atoms with Crippen molar-refractivity contribution in [1.82, 2.24) is 14.8 Å². The first-order valence-corrected chi connectivity index (χ1v) is 10.4. The Morgan fingerprint density at radius 3 is 2.58 bits per heavy atom. The Morgan fingerprint density at radius 2 is 1.96 bits per heavy atom. The van der Waals surface area contributed by atoms with Gasteiger partial charge < -0.3 is 9.42 Å². The number of benzene rings is 1. The molecular formula is C18H23N3O4S. The molecule has 7 nitrogen and oxygen atoms in total. The maximum absolute atomic E-state index is 13.0. The molecule has 0 spiro atoms. The van der Waals surface area contributed by atoms with E-state index in [1.807, 2.05) is 44.2 Å². The lowest BCUT2D eigenvalue weighted by Crippen LogP contribution is -2.41. The Labute approximate surface area is 153 Å². The maximum atomic E-state index is 13.0. The monoisotopic (exact) mass is 377 g/mol. The van der Waals surface area contributed by atoms with Gasteiger partial charge in [0, 0.05) is 24.7 Å². The van der Waals surface area contributed by atoms with E-state index in [4.69, 9.17) is 4.52 Å². The molecule has 1 aliphatic heterocycles. The molecule has 0 radical (unpaired) electrons. The van der Waals surface area contributed by atoms with E-state index in [0.29, 0.717) is 24.3 Å². The Bertz CT molecular complexity index is 877. The molecule has 2 heterocycles. The second kappa shape index (κ2) is 7.20. The minimum Gasteiger partial charge on any atom is -0.363 e. The van der Waals surface area contributed by atoms with Crippen molar-refractivity contribution in [2.75, 3.05) is 19.3 Å². The van der Waals surface area contributed by atoms with E-state index < -0.39 is 10.0 Å². The summed E-state index contributed by atoms with van der Waals surface area (Å²) in [5, 5.41) is 3.98. The molecule has 0 aliphatic carbocycles. The topological polar surface area (TPSA) is 92.5 Å². The van der Waals surface area contributed by atoms with Crippen LogP contribution in [0.15, 0.2) is 41.1 Å². The predicted molar refractivity (Wildman–Crippen MR) is 97.9 cm³/mol. The van der Waals surface area contributed by atoms with Crippen molar-refractivity contribution >= 4 is 15.9 Å². The number of aromatic nitrogens is 1. The minimum absolute atomic E-state index is 0.0497.